The van der Waals surface area contributed by atoms with Gasteiger partial charge >= 0.3 is 0 Å². The lowest BCUT2D eigenvalue weighted by molar-refractivity contribution is 0.416. The van der Waals surface area contributed by atoms with Gasteiger partial charge in [-0.25, -0.2) is 0 Å². The van der Waals surface area contributed by atoms with Gasteiger partial charge in [-0.15, -0.1) is 0 Å². The number of likely N-dealkylation sites (N-methyl/N-ethyl adjacent to an activating group) is 2. The van der Waals surface area contributed by atoms with E-state index in [4.69, 9.17) is 5.73 Å². The van der Waals surface area contributed by atoms with Gasteiger partial charge in [0.1, 0.15) is 0 Å². The molecule has 0 spiro atoms. The Kier molecular flexibility index (Phi) is 4.40. The second-order valence-corrected chi connectivity index (χ2v) is 5.22. The van der Waals surface area contributed by atoms with Crippen LogP contribution in [0.5, 0.6) is 0 Å². The van der Waals surface area contributed by atoms with Crippen LogP contribution in [-0.4, -0.2) is 39.1 Å². The summed E-state index contributed by atoms with van der Waals surface area (Å²) in [4.78, 5) is 4.51. The van der Waals surface area contributed by atoms with Crippen LogP contribution in [0.2, 0.25) is 0 Å². The maximum atomic E-state index is 5.82. The second kappa shape index (κ2) is 6.04. The van der Waals surface area contributed by atoms with E-state index in [1.165, 1.54) is 22.0 Å². The number of hydrogen-bond donors (Lipinski definition) is 1. The van der Waals surface area contributed by atoms with E-state index in [-0.39, 0.29) is 0 Å². The molecule has 0 fully saturated rings. The van der Waals surface area contributed by atoms with Crippen LogP contribution in [0.4, 0.5) is 5.69 Å². The zero-order valence-electron chi connectivity index (χ0n) is 12.1. The van der Waals surface area contributed by atoms with Crippen LogP contribution < -0.4 is 10.6 Å². The lowest BCUT2D eigenvalue weighted by atomic mass is 10.0. The molecule has 0 saturated heterocycles. The summed E-state index contributed by atoms with van der Waals surface area (Å²) >= 11 is 0. The molecule has 0 aliphatic heterocycles. The zero-order chi connectivity index (χ0) is 13.8. The van der Waals surface area contributed by atoms with Gasteiger partial charge in [0.05, 0.1) is 0 Å². The number of anilines is 1. The average molecular weight is 257 g/mol. The van der Waals surface area contributed by atoms with Crippen molar-refractivity contribution >= 4 is 16.5 Å². The molecule has 0 bridgehead atoms. The average Bonchev–Trinajstić information content (AvgIpc) is 2.43. The highest BCUT2D eigenvalue weighted by Gasteiger charge is 2.08. The van der Waals surface area contributed by atoms with E-state index in [9.17, 15) is 0 Å². The van der Waals surface area contributed by atoms with Gasteiger partial charge in [0.25, 0.3) is 0 Å². The smallest absolute Gasteiger partial charge is 0.0443 e. The van der Waals surface area contributed by atoms with Crippen molar-refractivity contribution in [3.05, 3.63) is 42.0 Å². The van der Waals surface area contributed by atoms with E-state index >= 15 is 0 Å². The molecule has 0 atom stereocenters. The van der Waals surface area contributed by atoms with Crippen molar-refractivity contribution in [2.24, 2.45) is 5.73 Å². The minimum absolute atomic E-state index is 0.586. The number of hydrogen-bond acceptors (Lipinski definition) is 3. The van der Waals surface area contributed by atoms with Crippen molar-refractivity contribution in [3.8, 4) is 0 Å². The minimum Gasteiger partial charge on any atom is -0.373 e. The van der Waals surface area contributed by atoms with Crippen LogP contribution in [0.15, 0.2) is 36.4 Å². The maximum absolute atomic E-state index is 5.82. The molecule has 0 aromatic heterocycles. The van der Waals surface area contributed by atoms with Gasteiger partial charge in [-0.05, 0) is 31.1 Å². The van der Waals surface area contributed by atoms with Gasteiger partial charge in [-0.1, -0.05) is 30.3 Å². The van der Waals surface area contributed by atoms with Crippen LogP contribution in [0.1, 0.15) is 5.56 Å². The first-order chi connectivity index (χ1) is 9.13. The second-order valence-electron chi connectivity index (χ2n) is 5.22. The molecule has 2 aromatic carbocycles. The SMILES string of the molecule is CN(C)CCN(C)c1ccc(CN)c2ccccc12. The largest absolute Gasteiger partial charge is 0.373 e. The van der Waals surface area contributed by atoms with Crippen molar-refractivity contribution in [1.29, 1.82) is 0 Å². The summed E-state index contributed by atoms with van der Waals surface area (Å²) in [5.74, 6) is 0. The van der Waals surface area contributed by atoms with Crippen LogP contribution >= 0.6 is 0 Å². The van der Waals surface area contributed by atoms with Crippen molar-refractivity contribution in [3.63, 3.8) is 0 Å². The molecule has 19 heavy (non-hydrogen) atoms. The molecule has 0 heterocycles. The molecule has 3 heteroatoms. The Bertz CT molecular complexity index is 549. The molecule has 3 nitrogen and oxygen atoms in total. The Balaban J connectivity index is 2.38. The van der Waals surface area contributed by atoms with Crippen LogP contribution in [0.3, 0.4) is 0 Å². The van der Waals surface area contributed by atoms with Gasteiger partial charge in [-0.2, -0.15) is 0 Å². The van der Waals surface area contributed by atoms with E-state index in [0.717, 1.165) is 13.1 Å². The highest BCUT2D eigenvalue weighted by molar-refractivity contribution is 5.96. The summed E-state index contributed by atoms with van der Waals surface area (Å²) in [6, 6.07) is 12.8. The normalized spacial score (nSPS) is 11.2. The van der Waals surface area contributed by atoms with E-state index in [1.807, 2.05) is 0 Å². The van der Waals surface area contributed by atoms with Gasteiger partial charge in [-0.3, -0.25) is 0 Å². The Labute approximate surface area is 115 Å². The Morgan fingerprint density at radius 3 is 2.21 bits per heavy atom. The fourth-order valence-corrected chi connectivity index (χ4v) is 2.33. The Morgan fingerprint density at radius 1 is 0.895 bits per heavy atom. The molecule has 0 radical (unpaired) electrons. The van der Waals surface area contributed by atoms with Gasteiger partial charge < -0.3 is 15.5 Å². The molecule has 102 valence electrons. The van der Waals surface area contributed by atoms with E-state index in [1.54, 1.807) is 0 Å². The topological polar surface area (TPSA) is 32.5 Å². The number of fused-ring (bicyclic) bond motifs is 1. The summed E-state index contributed by atoms with van der Waals surface area (Å²) in [6.45, 7) is 2.64. The predicted molar refractivity (Wildman–Crippen MR) is 83.7 cm³/mol. The van der Waals surface area contributed by atoms with Crippen LogP contribution in [-0.2, 0) is 6.54 Å². The number of nitrogens with zero attached hydrogens (tertiary/aromatic N) is 2. The van der Waals surface area contributed by atoms with Crippen LogP contribution in [0.25, 0.3) is 10.8 Å². The fraction of sp³-hybridized carbons (Fsp3) is 0.375. The molecular weight excluding hydrogens is 234 g/mol. The third-order valence-corrected chi connectivity index (χ3v) is 3.51. The van der Waals surface area contributed by atoms with Gasteiger partial charge in [0.15, 0.2) is 0 Å². The predicted octanol–water partition coefficient (Wildman–Crippen LogP) is 2.30. The third kappa shape index (κ3) is 3.06. The summed E-state index contributed by atoms with van der Waals surface area (Å²) in [5, 5.41) is 2.55. The lowest BCUT2D eigenvalue weighted by Gasteiger charge is -2.23. The first-order valence-electron chi connectivity index (χ1n) is 6.70. The molecule has 2 rings (SSSR count). The van der Waals surface area contributed by atoms with E-state index in [2.05, 4.69) is 67.3 Å². The summed E-state index contributed by atoms with van der Waals surface area (Å²) < 4.78 is 0. The first kappa shape index (κ1) is 13.8. The molecule has 2 N–H and O–H groups in total. The Morgan fingerprint density at radius 2 is 1.58 bits per heavy atom. The van der Waals surface area contributed by atoms with Gasteiger partial charge in [0.2, 0.25) is 0 Å². The summed E-state index contributed by atoms with van der Waals surface area (Å²) in [7, 11) is 6.35. The minimum atomic E-state index is 0.586. The van der Waals surface area contributed by atoms with Crippen molar-refractivity contribution in [2.75, 3.05) is 39.1 Å². The van der Waals surface area contributed by atoms with Crippen LogP contribution in [0, 0.1) is 0 Å². The van der Waals surface area contributed by atoms with Gasteiger partial charge in [0, 0.05) is 37.8 Å². The first-order valence-corrected chi connectivity index (χ1v) is 6.70. The highest BCUT2D eigenvalue weighted by atomic mass is 15.2. The standard InChI is InChI=1S/C16H23N3/c1-18(2)10-11-19(3)16-9-8-13(12-17)14-6-4-5-7-15(14)16/h4-9H,10-12,17H2,1-3H3. The monoisotopic (exact) mass is 257 g/mol. The third-order valence-electron chi connectivity index (χ3n) is 3.51. The molecular formula is C16H23N3. The van der Waals surface area contributed by atoms with Crippen molar-refractivity contribution in [1.82, 2.24) is 4.90 Å². The van der Waals surface area contributed by atoms with E-state index in [0.29, 0.717) is 6.54 Å². The summed E-state index contributed by atoms with van der Waals surface area (Å²) in [5.41, 5.74) is 8.30. The lowest BCUT2D eigenvalue weighted by Crippen LogP contribution is -2.28. The highest BCUT2D eigenvalue weighted by Crippen LogP contribution is 2.28. The fourth-order valence-electron chi connectivity index (χ4n) is 2.33. The number of rotatable bonds is 5. The maximum Gasteiger partial charge on any atom is 0.0443 e. The molecule has 0 aliphatic rings. The van der Waals surface area contributed by atoms with E-state index < -0.39 is 0 Å². The number of benzene rings is 2. The summed E-state index contributed by atoms with van der Waals surface area (Å²) in [6.07, 6.45) is 0. The quantitative estimate of drug-likeness (QED) is 0.892. The zero-order valence-corrected chi connectivity index (χ0v) is 12.1. The van der Waals surface area contributed by atoms with Crippen molar-refractivity contribution < 1.29 is 0 Å². The molecule has 0 saturated carbocycles. The molecule has 0 aliphatic carbocycles. The molecule has 0 amide bonds. The Hall–Kier alpha value is -1.58. The molecule has 0 unspecified atom stereocenters. The number of nitrogens with two attached hydrogens (primary N) is 1. The molecule has 2 aromatic rings. The van der Waals surface area contributed by atoms with Crippen molar-refractivity contribution in [2.45, 2.75) is 6.54 Å².